The third-order valence-corrected chi connectivity index (χ3v) is 4.65. The minimum Gasteiger partial charge on any atom is -0.497 e. The van der Waals surface area contributed by atoms with Crippen molar-refractivity contribution in [3.8, 4) is 22.8 Å². The fourth-order valence-corrected chi connectivity index (χ4v) is 3.39. The summed E-state index contributed by atoms with van der Waals surface area (Å²) in [6, 6.07) is 5.76. The summed E-state index contributed by atoms with van der Waals surface area (Å²) in [4.78, 5) is 16.7. The number of fused-ring (bicyclic) bond motifs is 5. The van der Waals surface area contributed by atoms with Crippen LogP contribution in [0.4, 0.5) is 0 Å². The van der Waals surface area contributed by atoms with E-state index in [1.54, 1.807) is 20.4 Å². The Bertz CT molecular complexity index is 1000. The predicted octanol–water partition coefficient (Wildman–Crippen LogP) is 2.63. The first-order valence-corrected chi connectivity index (χ1v) is 9.02. The van der Waals surface area contributed by atoms with Gasteiger partial charge in [0, 0.05) is 12.0 Å². The molecule has 27 heavy (non-hydrogen) atoms. The molecular formula is C19H21N5O3. The van der Waals surface area contributed by atoms with E-state index in [1.165, 1.54) is 0 Å². The average molecular weight is 367 g/mol. The van der Waals surface area contributed by atoms with Crippen molar-refractivity contribution in [2.45, 2.75) is 33.2 Å². The van der Waals surface area contributed by atoms with Gasteiger partial charge in [0.1, 0.15) is 17.9 Å². The lowest BCUT2D eigenvalue weighted by Gasteiger charge is -2.10. The lowest BCUT2D eigenvalue weighted by molar-refractivity contribution is 0.0518. The number of carbonyl (C=O) groups excluding carboxylic acids is 1. The lowest BCUT2D eigenvalue weighted by atomic mass is 10.1. The maximum Gasteiger partial charge on any atom is 0.358 e. The molecule has 4 rings (SSSR count). The zero-order chi connectivity index (χ0) is 19.0. The molecule has 0 spiro atoms. The number of carbonyl (C=O) groups is 1. The highest BCUT2D eigenvalue weighted by atomic mass is 16.5. The van der Waals surface area contributed by atoms with Crippen LogP contribution in [0.25, 0.3) is 17.1 Å². The summed E-state index contributed by atoms with van der Waals surface area (Å²) in [6.45, 7) is 4.63. The molecule has 140 valence electrons. The second-order valence-corrected chi connectivity index (χ2v) is 6.29. The van der Waals surface area contributed by atoms with Crippen molar-refractivity contribution in [2.75, 3.05) is 13.7 Å². The Labute approximate surface area is 156 Å². The molecule has 3 aromatic rings. The molecule has 0 N–H and O–H groups in total. The van der Waals surface area contributed by atoms with Crippen molar-refractivity contribution < 1.29 is 14.3 Å². The van der Waals surface area contributed by atoms with Gasteiger partial charge >= 0.3 is 5.97 Å². The molecule has 1 aliphatic rings. The Hall–Kier alpha value is -3.16. The zero-order valence-corrected chi connectivity index (χ0v) is 15.6. The Morgan fingerprint density at radius 1 is 1.26 bits per heavy atom. The lowest BCUT2D eigenvalue weighted by Crippen LogP contribution is -2.13. The summed E-state index contributed by atoms with van der Waals surface area (Å²) in [7, 11) is 1.63. The highest BCUT2D eigenvalue weighted by Crippen LogP contribution is 2.35. The number of nitrogens with zero attached hydrogens (tertiary/aromatic N) is 5. The van der Waals surface area contributed by atoms with E-state index in [1.807, 2.05) is 27.3 Å². The number of aryl methyl sites for hydroxylation is 1. The Morgan fingerprint density at radius 2 is 2.11 bits per heavy atom. The molecule has 3 heterocycles. The van der Waals surface area contributed by atoms with E-state index in [9.17, 15) is 4.79 Å². The number of aromatic nitrogens is 5. The van der Waals surface area contributed by atoms with Gasteiger partial charge in [0.15, 0.2) is 11.5 Å². The quantitative estimate of drug-likeness (QED) is 0.504. The van der Waals surface area contributed by atoms with Gasteiger partial charge in [-0.1, -0.05) is 6.92 Å². The fraction of sp³-hybridized carbons (Fsp3) is 0.368. The molecule has 0 saturated heterocycles. The van der Waals surface area contributed by atoms with E-state index in [4.69, 9.17) is 9.47 Å². The molecule has 1 aromatic carbocycles. The summed E-state index contributed by atoms with van der Waals surface area (Å²) < 4.78 is 14.6. The topological polar surface area (TPSA) is 84.1 Å². The van der Waals surface area contributed by atoms with Crippen molar-refractivity contribution in [3.63, 3.8) is 0 Å². The Balaban J connectivity index is 1.96. The summed E-state index contributed by atoms with van der Waals surface area (Å²) in [5.74, 6) is 1.95. The number of hydrogen-bond donors (Lipinski definition) is 0. The maximum absolute atomic E-state index is 12.4. The smallest absolute Gasteiger partial charge is 0.358 e. The van der Waals surface area contributed by atoms with Gasteiger partial charge < -0.3 is 14.0 Å². The first kappa shape index (κ1) is 17.3. The molecule has 8 heteroatoms. The second kappa shape index (κ2) is 6.86. The van der Waals surface area contributed by atoms with Crippen LogP contribution in [-0.2, 0) is 17.7 Å². The summed E-state index contributed by atoms with van der Waals surface area (Å²) in [5.41, 5.74) is 2.84. The van der Waals surface area contributed by atoms with Crippen LogP contribution in [0.1, 0.15) is 42.3 Å². The average Bonchev–Trinajstić information content (AvgIpc) is 3.24. The molecule has 2 aromatic heterocycles. The Morgan fingerprint density at radius 3 is 2.85 bits per heavy atom. The van der Waals surface area contributed by atoms with Crippen LogP contribution < -0.4 is 4.74 Å². The van der Waals surface area contributed by atoms with Gasteiger partial charge in [0.25, 0.3) is 0 Å². The van der Waals surface area contributed by atoms with Crippen molar-refractivity contribution in [1.29, 1.82) is 0 Å². The minimum absolute atomic E-state index is 0.303. The third kappa shape index (κ3) is 2.77. The van der Waals surface area contributed by atoms with Gasteiger partial charge in [-0.2, -0.15) is 0 Å². The molecule has 0 amide bonds. The molecule has 1 aliphatic heterocycles. The molecule has 0 saturated carbocycles. The van der Waals surface area contributed by atoms with Gasteiger partial charge in [-0.05, 0) is 31.5 Å². The summed E-state index contributed by atoms with van der Waals surface area (Å²) in [5, 5.41) is 8.81. The highest BCUT2D eigenvalue weighted by molar-refractivity contribution is 5.89. The SMILES string of the molecule is CCCc1nnc2n1Cc1c(C(=O)OCC)ncn1-c1ccc(OC)cc1-2. The highest BCUT2D eigenvalue weighted by Gasteiger charge is 2.28. The number of ether oxygens (including phenoxy) is 2. The molecule has 0 fully saturated rings. The molecule has 0 unspecified atom stereocenters. The zero-order valence-electron chi connectivity index (χ0n) is 15.6. The van der Waals surface area contributed by atoms with Crippen molar-refractivity contribution in [3.05, 3.63) is 41.7 Å². The van der Waals surface area contributed by atoms with Crippen molar-refractivity contribution >= 4 is 5.97 Å². The number of imidazole rings is 1. The largest absolute Gasteiger partial charge is 0.497 e. The molecule has 0 aliphatic carbocycles. The fourth-order valence-electron chi connectivity index (χ4n) is 3.39. The third-order valence-electron chi connectivity index (χ3n) is 4.65. The van der Waals surface area contributed by atoms with E-state index in [0.717, 1.165) is 47.2 Å². The monoisotopic (exact) mass is 367 g/mol. The number of rotatable bonds is 5. The number of methoxy groups -OCH3 is 1. The van der Waals surface area contributed by atoms with Crippen LogP contribution in [-0.4, -0.2) is 44.0 Å². The standard InChI is InChI=1S/C19H21N5O3/c1-4-6-16-21-22-18-13-9-12(26-3)7-8-14(13)24-11-20-17(19(25)27-5-2)15(24)10-23(16)18/h7-9,11H,4-6,10H2,1-3H3. The number of hydrogen-bond acceptors (Lipinski definition) is 6. The maximum atomic E-state index is 12.4. The summed E-state index contributed by atoms with van der Waals surface area (Å²) in [6.07, 6.45) is 3.41. The van der Waals surface area contributed by atoms with E-state index in [-0.39, 0.29) is 0 Å². The van der Waals surface area contributed by atoms with Crippen molar-refractivity contribution in [2.24, 2.45) is 0 Å². The first-order chi connectivity index (χ1) is 13.2. The summed E-state index contributed by atoms with van der Waals surface area (Å²) >= 11 is 0. The van der Waals surface area contributed by atoms with Gasteiger partial charge in [0.2, 0.25) is 0 Å². The van der Waals surface area contributed by atoms with E-state index in [2.05, 4.69) is 22.1 Å². The second-order valence-electron chi connectivity index (χ2n) is 6.29. The Kier molecular flexibility index (Phi) is 4.39. The predicted molar refractivity (Wildman–Crippen MR) is 98.2 cm³/mol. The van der Waals surface area contributed by atoms with Gasteiger partial charge in [-0.25, -0.2) is 9.78 Å². The molecular weight excluding hydrogens is 346 g/mol. The van der Waals surface area contributed by atoms with Crippen LogP contribution in [0.5, 0.6) is 5.75 Å². The van der Waals surface area contributed by atoms with Gasteiger partial charge in [0.05, 0.1) is 31.6 Å². The normalized spacial score (nSPS) is 12.0. The van der Waals surface area contributed by atoms with Crippen LogP contribution in [0.2, 0.25) is 0 Å². The van der Waals surface area contributed by atoms with Crippen molar-refractivity contribution in [1.82, 2.24) is 24.3 Å². The number of benzene rings is 1. The van der Waals surface area contributed by atoms with Gasteiger partial charge in [-0.15, -0.1) is 10.2 Å². The molecule has 0 radical (unpaired) electrons. The van der Waals surface area contributed by atoms with Crippen LogP contribution in [0.15, 0.2) is 24.5 Å². The van der Waals surface area contributed by atoms with E-state index in [0.29, 0.717) is 18.8 Å². The van der Waals surface area contributed by atoms with Gasteiger partial charge in [-0.3, -0.25) is 4.57 Å². The van der Waals surface area contributed by atoms with Crippen LogP contribution >= 0.6 is 0 Å². The van der Waals surface area contributed by atoms with E-state index >= 15 is 0 Å². The van der Waals surface area contributed by atoms with Crippen LogP contribution in [0, 0.1) is 0 Å². The molecule has 0 bridgehead atoms. The molecule has 0 atom stereocenters. The first-order valence-electron chi connectivity index (χ1n) is 9.02. The van der Waals surface area contributed by atoms with E-state index < -0.39 is 5.97 Å². The minimum atomic E-state index is -0.421. The molecule has 8 nitrogen and oxygen atoms in total. The van der Waals surface area contributed by atoms with Crippen LogP contribution in [0.3, 0.4) is 0 Å². The number of esters is 1.